The molecule has 0 atom stereocenters. The van der Waals surface area contributed by atoms with E-state index in [9.17, 15) is 14.4 Å². The summed E-state index contributed by atoms with van der Waals surface area (Å²) >= 11 is 0. The number of carbonyl (C=O) groups is 3. The van der Waals surface area contributed by atoms with E-state index in [0.717, 1.165) is 5.56 Å². The summed E-state index contributed by atoms with van der Waals surface area (Å²) in [7, 11) is 0. The van der Waals surface area contributed by atoms with E-state index in [4.69, 9.17) is 4.74 Å². The van der Waals surface area contributed by atoms with Crippen LogP contribution in [0.3, 0.4) is 0 Å². The number of ether oxygens (including phenoxy) is 1. The molecule has 3 amide bonds. The van der Waals surface area contributed by atoms with Gasteiger partial charge in [0.25, 0.3) is 11.8 Å². The lowest BCUT2D eigenvalue weighted by molar-refractivity contribution is -0.134. The van der Waals surface area contributed by atoms with Crippen LogP contribution >= 0.6 is 0 Å². The Balaban J connectivity index is 1.51. The molecular formula is C23H27N3O4. The molecule has 1 aliphatic rings. The average Bonchev–Trinajstić information content (AvgIpc) is 2.73. The third kappa shape index (κ3) is 5.37. The van der Waals surface area contributed by atoms with E-state index < -0.39 is 0 Å². The van der Waals surface area contributed by atoms with Crippen molar-refractivity contribution in [2.75, 3.05) is 38.1 Å². The highest BCUT2D eigenvalue weighted by atomic mass is 16.5. The molecule has 158 valence electrons. The van der Waals surface area contributed by atoms with Gasteiger partial charge in [-0.15, -0.1) is 0 Å². The van der Waals surface area contributed by atoms with Gasteiger partial charge >= 0.3 is 0 Å². The molecule has 7 nitrogen and oxygen atoms in total. The van der Waals surface area contributed by atoms with Gasteiger partial charge in [-0.3, -0.25) is 14.4 Å². The van der Waals surface area contributed by atoms with Gasteiger partial charge in [0.1, 0.15) is 5.75 Å². The van der Waals surface area contributed by atoms with Crippen molar-refractivity contribution in [2.24, 2.45) is 0 Å². The molecule has 3 rings (SSSR count). The Labute approximate surface area is 176 Å². The SMILES string of the molecule is CC(=O)Nc1cccc(C(=O)N2CCN(C(=O)COc3ccc(C)c(C)c3)CC2)c1. The maximum Gasteiger partial charge on any atom is 0.260 e. The highest BCUT2D eigenvalue weighted by Gasteiger charge is 2.25. The van der Waals surface area contributed by atoms with Crippen LogP contribution in [0.2, 0.25) is 0 Å². The number of amides is 3. The highest BCUT2D eigenvalue weighted by molar-refractivity contribution is 5.97. The average molecular weight is 409 g/mol. The topological polar surface area (TPSA) is 79.0 Å². The molecule has 0 unspecified atom stereocenters. The first kappa shape index (κ1) is 21.4. The van der Waals surface area contributed by atoms with E-state index in [-0.39, 0.29) is 24.3 Å². The second-order valence-corrected chi connectivity index (χ2v) is 7.47. The molecule has 0 aromatic heterocycles. The van der Waals surface area contributed by atoms with Crippen LogP contribution in [0.4, 0.5) is 5.69 Å². The molecule has 2 aromatic carbocycles. The summed E-state index contributed by atoms with van der Waals surface area (Å²) in [6.45, 7) is 7.28. The first-order chi connectivity index (χ1) is 14.3. The van der Waals surface area contributed by atoms with Crippen molar-refractivity contribution in [1.29, 1.82) is 0 Å². The smallest absolute Gasteiger partial charge is 0.260 e. The van der Waals surface area contributed by atoms with Crippen molar-refractivity contribution >= 4 is 23.4 Å². The fourth-order valence-electron chi connectivity index (χ4n) is 3.31. The van der Waals surface area contributed by atoms with E-state index in [1.54, 1.807) is 34.1 Å². The van der Waals surface area contributed by atoms with Gasteiger partial charge in [0, 0.05) is 44.4 Å². The van der Waals surface area contributed by atoms with E-state index in [2.05, 4.69) is 5.32 Å². The van der Waals surface area contributed by atoms with Gasteiger partial charge in [-0.05, 0) is 55.3 Å². The first-order valence-corrected chi connectivity index (χ1v) is 9.98. The van der Waals surface area contributed by atoms with Crippen molar-refractivity contribution < 1.29 is 19.1 Å². The lowest BCUT2D eigenvalue weighted by Gasteiger charge is -2.34. The van der Waals surface area contributed by atoms with Crippen molar-refractivity contribution in [3.63, 3.8) is 0 Å². The number of piperazine rings is 1. The molecule has 1 fully saturated rings. The maximum absolute atomic E-state index is 12.8. The largest absolute Gasteiger partial charge is 0.484 e. The number of nitrogens with one attached hydrogen (secondary N) is 1. The predicted molar refractivity (Wildman–Crippen MR) is 115 cm³/mol. The fourth-order valence-corrected chi connectivity index (χ4v) is 3.31. The van der Waals surface area contributed by atoms with Crippen molar-refractivity contribution in [3.8, 4) is 5.75 Å². The van der Waals surface area contributed by atoms with E-state index in [1.807, 2.05) is 32.0 Å². The molecule has 0 bridgehead atoms. The Morgan fingerprint density at radius 3 is 2.30 bits per heavy atom. The van der Waals surface area contributed by atoms with Crippen molar-refractivity contribution in [1.82, 2.24) is 9.80 Å². The third-order valence-electron chi connectivity index (χ3n) is 5.19. The zero-order valence-electron chi connectivity index (χ0n) is 17.6. The lowest BCUT2D eigenvalue weighted by Crippen LogP contribution is -2.51. The standard InChI is InChI=1S/C23H27N3O4/c1-16-7-8-21(13-17(16)2)30-15-22(28)25-9-11-26(12-10-25)23(29)19-5-4-6-20(14-19)24-18(3)27/h4-8,13-14H,9-12,15H2,1-3H3,(H,24,27). The molecule has 1 heterocycles. The van der Waals surface area contributed by atoms with E-state index in [0.29, 0.717) is 43.2 Å². The minimum absolute atomic E-state index is 0.0186. The Kier molecular flexibility index (Phi) is 6.72. The Morgan fingerprint density at radius 2 is 1.63 bits per heavy atom. The van der Waals surface area contributed by atoms with Gasteiger partial charge in [0.2, 0.25) is 5.91 Å². The molecule has 1 aliphatic heterocycles. The molecular weight excluding hydrogens is 382 g/mol. The van der Waals surface area contributed by atoms with Gasteiger partial charge in [0.05, 0.1) is 0 Å². The normalized spacial score (nSPS) is 13.7. The van der Waals surface area contributed by atoms with Crippen LogP contribution < -0.4 is 10.1 Å². The van der Waals surface area contributed by atoms with Crippen LogP contribution in [-0.2, 0) is 9.59 Å². The van der Waals surface area contributed by atoms with Crippen LogP contribution in [0, 0.1) is 13.8 Å². The summed E-state index contributed by atoms with van der Waals surface area (Å²) in [6.07, 6.45) is 0. The second-order valence-electron chi connectivity index (χ2n) is 7.47. The summed E-state index contributed by atoms with van der Waals surface area (Å²) in [5.74, 6) is 0.294. The Hall–Kier alpha value is -3.35. The Bertz CT molecular complexity index is 949. The molecule has 30 heavy (non-hydrogen) atoms. The van der Waals surface area contributed by atoms with Crippen LogP contribution in [0.15, 0.2) is 42.5 Å². The number of hydrogen-bond acceptors (Lipinski definition) is 4. The molecule has 7 heteroatoms. The van der Waals surface area contributed by atoms with E-state index in [1.165, 1.54) is 12.5 Å². The van der Waals surface area contributed by atoms with Gasteiger partial charge < -0.3 is 19.9 Å². The quantitative estimate of drug-likeness (QED) is 0.823. The third-order valence-corrected chi connectivity index (χ3v) is 5.19. The van der Waals surface area contributed by atoms with Crippen molar-refractivity contribution in [2.45, 2.75) is 20.8 Å². The summed E-state index contributed by atoms with van der Waals surface area (Å²) in [4.78, 5) is 39.9. The van der Waals surface area contributed by atoms with Gasteiger partial charge in [-0.25, -0.2) is 0 Å². The Morgan fingerprint density at radius 1 is 0.933 bits per heavy atom. The zero-order valence-corrected chi connectivity index (χ0v) is 17.6. The molecule has 0 spiro atoms. The lowest BCUT2D eigenvalue weighted by atomic mass is 10.1. The zero-order chi connectivity index (χ0) is 21.7. The summed E-state index contributed by atoms with van der Waals surface area (Å²) in [5.41, 5.74) is 3.40. The summed E-state index contributed by atoms with van der Waals surface area (Å²) in [6, 6.07) is 12.6. The molecule has 1 saturated heterocycles. The maximum atomic E-state index is 12.8. The monoisotopic (exact) mass is 409 g/mol. The first-order valence-electron chi connectivity index (χ1n) is 9.98. The van der Waals surface area contributed by atoms with Crippen LogP contribution in [0.1, 0.15) is 28.4 Å². The number of carbonyl (C=O) groups excluding carboxylic acids is 3. The summed E-state index contributed by atoms with van der Waals surface area (Å²) in [5, 5.41) is 2.68. The molecule has 1 N–H and O–H groups in total. The number of hydrogen-bond donors (Lipinski definition) is 1. The van der Waals surface area contributed by atoms with Crippen molar-refractivity contribution in [3.05, 3.63) is 59.2 Å². The van der Waals surface area contributed by atoms with Crippen LogP contribution in [0.25, 0.3) is 0 Å². The van der Waals surface area contributed by atoms with E-state index >= 15 is 0 Å². The molecule has 2 aromatic rings. The van der Waals surface area contributed by atoms with Crippen LogP contribution in [0.5, 0.6) is 5.75 Å². The minimum atomic E-state index is -0.185. The summed E-state index contributed by atoms with van der Waals surface area (Å²) < 4.78 is 5.64. The number of benzene rings is 2. The number of anilines is 1. The second kappa shape index (κ2) is 9.43. The van der Waals surface area contributed by atoms with Gasteiger partial charge in [0.15, 0.2) is 6.61 Å². The van der Waals surface area contributed by atoms with Gasteiger partial charge in [-0.2, -0.15) is 0 Å². The fraction of sp³-hybridized carbons (Fsp3) is 0.348. The number of rotatable bonds is 5. The molecule has 0 aliphatic carbocycles. The number of aryl methyl sites for hydroxylation is 2. The molecule has 0 saturated carbocycles. The van der Waals surface area contributed by atoms with Crippen LogP contribution in [-0.4, -0.2) is 60.3 Å². The molecule has 0 radical (unpaired) electrons. The van der Waals surface area contributed by atoms with Gasteiger partial charge in [-0.1, -0.05) is 12.1 Å². The minimum Gasteiger partial charge on any atom is -0.484 e. The highest BCUT2D eigenvalue weighted by Crippen LogP contribution is 2.17. The predicted octanol–water partition coefficient (Wildman–Crippen LogP) is 2.63. The number of nitrogens with zero attached hydrogens (tertiary/aromatic N) is 2.